The van der Waals surface area contributed by atoms with E-state index in [0.29, 0.717) is 46.0 Å². The largest absolute Gasteiger partial charge is 0.383 e. The van der Waals surface area contributed by atoms with E-state index in [2.05, 4.69) is 76.0 Å². The van der Waals surface area contributed by atoms with E-state index in [4.69, 9.17) is 0 Å². The first-order valence-electron chi connectivity index (χ1n) is 13.4. The first kappa shape index (κ1) is 25.3. The minimum absolute atomic E-state index is 0.0167. The Labute approximate surface area is 232 Å². The Balaban J connectivity index is 1.50. The first-order valence-corrected chi connectivity index (χ1v) is 13.4. The number of benzene rings is 2. The molecule has 0 bridgehead atoms. The highest BCUT2D eigenvalue weighted by Gasteiger charge is 2.28. The Morgan fingerprint density at radius 1 is 1.02 bits per heavy atom. The average molecular weight is 528 g/mol. The maximum absolute atomic E-state index is 10.1. The van der Waals surface area contributed by atoms with Crippen LogP contribution < -0.4 is 10.6 Å². The molecule has 0 spiro atoms. The number of fused-ring (bicyclic) bond motifs is 2. The molecule has 0 saturated heterocycles. The number of nitrogens with one attached hydrogen (secondary N) is 2. The maximum Gasteiger partial charge on any atom is 0.110 e. The van der Waals surface area contributed by atoms with Crippen LogP contribution in [0.2, 0.25) is 0 Å². The zero-order valence-corrected chi connectivity index (χ0v) is 22.7. The summed E-state index contributed by atoms with van der Waals surface area (Å²) in [7, 11) is 0. The van der Waals surface area contributed by atoms with Crippen LogP contribution in [-0.2, 0) is 0 Å². The van der Waals surface area contributed by atoms with Crippen molar-refractivity contribution in [1.82, 2.24) is 25.0 Å². The second kappa shape index (κ2) is 9.94. The van der Waals surface area contributed by atoms with Crippen molar-refractivity contribution in [2.45, 2.75) is 45.7 Å². The normalized spacial score (nSPS) is 14.0. The van der Waals surface area contributed by atoms with Gasteiger partial charge < -0.3 is 10.6 Å². The van der Waals surface area contributed by atoms with Crippen LogP contribution in [0.5, 0.6) is 0 Å². The lowest BCUT2D eigenvalue weighted by atomic mass is 9.96. The van der Waals surface area contributed by atoms with Gasteiger partial charge >= 0.3 is 0 Å². The van der Waals surface area contributed by atoms with Crippen molar-refractivity contribution in [3.8, 4) is 12.1 Å². The van der Waals surface area contributed by atoms with Crippen LogP contribution in [-0.4, -0.2) is 31.5 Å². The molecular formula is C31H29N9. The standard InChI is InChI=1S/C31H29N9/c1-31(2,3)18-36-29-20(15-33)16-35-28-19(14-32)12-21(13-25(28)29)37-30(27-17-40(39-38-27)22-9-10-22)24-6-4-8-26-23(24)7-5-11-34-26/h4-8,11-13,16-17,22,30,37H,9-10,18H2,1-3H3,(H,35,36). The summed E-state index contributed by atoms with van der Waals surface area (Å²) in [6, 6.07) is 18.4. The molecule has 1 saturated carbocycles. The predicted octanol–water partition coefficient (Wildman–Crippen LogP) is 6.11. The Hall–Kier alpha value is -5.02. The van der Waals surface area contributed by atoms with E-state index >= 15 is 0 Å². The number of rotatable bonds is 7. The molecule has 3 heterocycles. The average Bonchev–Trinajstić information content (AvgIpc) is 3.69. The number of nitriles is 2. The van der Waals surface area contributed by atoms with E-state index in [0.717, 1.165) is 35.0 Å². The Bertz CT molecular complexity index is 1810. The summed E-state index contributed by atoms with van der Waals surface area (Å²) in [6.07, 6.45) is 7.53. The smallest absolute Gasteiger partial charge is 0.110 e. The van der Waals surface area contributed by atoms with Crippen molar-refractivity contribution in [1.29, 1.82) is 10.5 Å². The number of pyridine rings is 2. The molecule has 2 aromatic carbocycles. The highest BCUT2D eigenvalue weighted by molar-refractivity contribution is 5.99. The molecule has 1 atom stereocenters. The van der Waals surface area contributed by atoms with Crippen molar-refractivity contribution < 1.29 is 0 Å². The Morgan fingerprint density at radius 3 is 2.60 bits per heavy atom. The molecule has 1 unspecified atom stereocenters. The van der Waals surface area contributed by atoms with E-state index in [9.17, 15) is 10.5 Å². The SMILES string of the molecule is CC(C)(C)CNc1c(C#N)cnc2c(C#N)cc(NC(c3cn(C4CC4)nn3)c3cccc4ncccc34)cc12. The molecule has 0 aliphatic heterocycles. The minimum atomic E-state index is -0.359. The van der Waals surface area contributed by atoms with E-state index in [1.54, 1.807) is 12.3 Å². The van der Waals surface area contributed by atoms with Gasteiger partial charge in [0.15, 0.2) is 0 Å². The van der Waals surface area contributed by atoms with E-state index in [-0.39, 0.29) is 11.5 Å². The monoisotopic (exact) mass is 527 g/mol. The lowest BCUT2D eigenvalue weighted by Gasteiger charge is -2.23. The molecule has 1 aliphatic rings. The number of hydrogen-bond donors (Lipinski definition) is 2. The van der Waals surface area contributed by atoms with Crippen molar-refractivity contribution in [2.24, 2.45) is 5.41 Å². The van der Waals surface area contributed by atoms with Crippen LogP contribution >= 0.6 is 0 Å². The van der Waals surface area contributed by atoms with Crippen LogP contribution in [0.25, 0.3) is 21.8 Å². The summed E-state index contributed by atoms with van der Waals surface area (Å²) in [5, 5.41) is 37.7. The molecule has 5 aromatic rings. The summed E-state index contributed by atoms with van der Waals surface area (Å²) in [4.78, 5) is 9.04. The molecular weight excluding hydrogens is 498 g/mol. The number of aromatic nitrogens is 5. The van der Waals surface area contributed by atoms with Crippen molar-refractivity contribution >= 4 is 33.2 Å². The van der Waals surface area contributed by atoms with Crippen LogP contribution in [0, 0.1) is 28.1 Å². The number of anilines is 2. The highest BCUT2D eigenvalue weighted by Crippen LogP contribution is 2.37. The van der Waals surface area contributed by atoms with Gasteiger partial charge in [-0.2, -0.15) is 10.5 Å². The van der Waals surface area contributed by atoms with Gasteiger partial charge in [0.05, 0.1) is 46.1 Å². The molecule has 0 amide bonds. The number of nitrogens with zero attached hydrogens (tertiary/aromatic N) is 7. The van der Waals surface area contributed by atoms with Crippen LogP contribution in [0.4, 0.5) is 11.4 Å². The molecule has 1 aliphatic carbocycles. The summed E-state index contributed by atoms with van der Waals surface area (Å²) >= 11 is 0. The predicted molar refractivity (Wildman–Crippen MR) is 155 cm³/mol. The molecule has 2 N–H and O–H groups in total. The molecule has 6 rings (SSSR count). The lowest BCUT2D eigenvalue weighted by Crippen LogP contribution is -2.20. The summed E-state index contributed by atoms with van der Waals surface area (Å²) in [5.41, 5.74) is 5.43. The van der Waals surface area contributed by atoms with E-state index in [1.165, 1.54) is 6.20 Å². The molecule has 3 aromatic heterocycles. The molecule has 1 fully saturated rings. The molecule has 9 nitrogen and oxygen atoms in total. The third-order valence-electron chi connectivity index (χ3n) is 7.05. The van der Waals surface area contributed by atoms with Gasteiger partial charge in [-0.15, -0.1) is 5.10 Å². The topological polar surface area (TPSA) is 128 Å². The lowest BCUT2D eigenvalue weighted by molar-refractivity contribution is 0.443. The zero-order chi connectivity index (χ0) is 27.9. The van der Waals surface area contributed by atoms with Gasteiger partial charge in [-0.3, -0.25) is 9.97 Å². The van der Waals surface area contributed by atoms with Crippen molar-refractivity contribution in [2.75, 3.05) is 17.2 Å². The quantitative estimate of drug-likeness (QED) is 0.259. The van der Waals surface area contributed by atoms with E-state index < -0.39 is 0 Å². The molecule has 198 valence electrons. The van der Waals surface area contributed by atoms with Gasteiger partial charge in [0.2, 0.25) is 0 Å². The fourth-order valence-corrected chi connectivity index (χ4v) is 4.90. The van der Waals surface area contributed by atoms with Gasteiger partial charge in [-0.1, -0.05) is 44.2 Å². The van der Waals surface area contributed by atoms with Crippen LogP contribution in [0.3, 0.4) is 0 Å². The highest BCUT2D eigenvalue weighted by atomic mass is 15.4. The number of hydrogen-bond acceptors (Lipinski definition) is 8. The summed E-state index contributed by atoms with van der Waals surface area (Å²) < 4.78 is 1.94. The van der Waals surface area contributed by atoms with Gasteiger partial charge in [-0.25, -0.2) is 4.68 Å². The zero-order valence-electron chi connectivity index (χ0n) is 22.7. The molecule has 40 heavy (non-hydrogen) atoms. The second-order valence-corrected chi connectivity index (χ2v) is 11.5. The van der Waals surface area contributed by atoms with Crippen molar-refractivity contribution in [3.05, 3.63) is 83.4 Å². The fourth-order valence-electron chi connectivity index (χ4n) is 4.90. The third kappa shape index (κ3) is 4.90. The van der Waals surface area contributed by atoms with Crippen LogP contribution in [0.1, 0.15) is 68.1 Å². The van der Waals surface area contributed by atoms with Gasteiger partial charge in [-0.05, 0) is 48.1 Å². The second-order valence-electron chi connectivity index (χ2n) is 11.5. The summed E-state index contributed by atoms with van der Waals surface area (Å²) in [5.74, 6) is 0. The van der Waals surface area contributed by atoms with Gasteiger partial charge in [0.25, 0.3) is 0 Å². The van der Waals surface area contributed by atoms with Crippen LogP contribution in [0.15, 0.2) is 61.1 Å². The Morgan fingerprint density at radius 2 is 1.85 bits per heavy atom. The van der Waals surface area contributed by atoms with Gasteiger partial charge in [0, 0.05) is 35.4 Å². The fraction of sp³-hybridized carbons (Fsp3) is 0.290. The maximum atomic E-state index is 10.1. The summed E-state index contributed by atoms with van der Waals surface area (Å²) in [6.45, 7) is 7.03. The first-order chi connectivity index (χ1) is 19.3. The van der Waals surface area contributed by atoms with E-state index in [1.807, 2.05) is 35.1 Å². The molecule has 0 radical (unpaired) electrons. The molecule has 9 heteroatoms. The minimum Gasteiger partial charge on any atom is -0.383 e. The third-order valence-corrected chi connectivity index (χ3v) is 7.05. The van der Waals surface area contributed by atoms with Gasteiger partial charge in [0.1, 0.15) is 17.8 Å². The Kier molecular flexibility index (Phi) is 6.28. The van der Waals surface area contributed by atoms with Crippen molar-refractivity contribution in [3.63, 3.8) is 0 Å².